The van der Waals surface area contributed by atoms with Crippen LogP contribution in [0, 0.1) is 0 Å². The highest BCUT2D eigenvalue weighted by Gasteiger charge is 2.35. The topological polar surface area (TPSA) is 74.7 Å². The van der Waals surface area contributed by atoms with Gasteiger partial charge in [-0.1, -0.05) is 18.2 Å². The predicted molar refractivity (Wildman–Crippen MR) is 97.1 cm³/mol. The molecule has 2 aliphatic rings. The Labute approximate surface area is 153 Å². The van der Waals surface area contributed by atoms with Crippen LogP contribution >= 0.6 is 0 Å². The van der Waals surface area contributed by atoms with Gasteiger partial charge >= 0.3 is 0 Å². The van der Waals surface area contributed by atoms with E-state index in [9.17, 15) is 13.2 Å². The zero-order chi connectivity index (χ0) is 18.1. The summed E-state index contributed by atoms with van der Waals surface area (Å²) in [5.74, 6) is 0.0632. The number of carbonyl (C=O) groups is 1. The summed E-state index contributed by atoms with van der Waals surface area (Å²) in [6.07, 6.45) is 1.58. The lowest BCUT2D eigenvalue weighted by Crippen LogP contribution is -2.63. The summed E-state index contributed by atoms with van der Waals surface area (Å²) in [7, 11) is -3.61. The lowest BCUT2D eigenvalue weighted by Gasteiger charge is -2.43. The number of hydrogen-bond donors (Lipinski definition) is 1. The number of fused-ring (bicyclic) bond motifs is 1. The fourth-order valence-electron chi connectivity index (χ4n) is 3.67. The summed E-state index contributed by atoms with van der Waals surface area (Å²) in [5.41, 5.74) is 0.707. The summed E-state index contributed by atoms with van der Waals surface area (Å²) < 4.78 is 27.2. The molecule has 1 unspecified atom stereocenters. The number of rotatable bonds is 4. The maximum absolute atomic E-state index is 12.9. The van der Waals surface area contributed by atoms with Gasteiger partial charge in [-0.3, -0.25) is 14.6 Å². The number of carbonyl (C=O) groups excluding carboxylic acids is 1. The lowest BCUT2D eigenvalue weighted by atomic mass is 10.1. The van der Waals surface area contributed by atoms with Crippen molar-refractivity contribution in [2.45, 2.75) is 17.5 Å². The van der Waals surface area contributed by atoms with Gasteiger partial charge in [0, 0.05) is 51.2 Å². The molecule has 26 heavy (non-hydrogen) atoms. The second-order valence-corrected chi connectivity index (χ2v) is 8.51. The number of benzene rings is 1. The minimum Gasteiger partial charge on any atom is -0.353 e. The quantitative estimate of drug-likeness (QED) is 0.836. The molecule has 2 aromatic rings. The standard InChI is InChI=1S/C18H22N4O3S/c23-18-17-14-20(11-12-21(17)10-8-19-18)13-15-5-4-9-22(15)26(24,25)16-6-2-1-3-7-16/h1-7,9,17H,8,10-14H2,(H,19,23). The van der Waals surface area contributed by atoms with Crippen LogP contribution in [0.3, 0.4) is 0 Å². The first kappa shape index (κ1) is 17.3. The molecule has 4 rings (SSSR count). The summed E-state index contributed by atoms with van der Waals surface area (Å²) >= 11 is 0. The first-order valence-electron chi connectivity index (χ1n) is 8.77. The molecule has 138 valence electrons. The second kappa shape index (κ2) is 6.86. The maximum atomic E-state index is 12.9. The zero-order valence-corrected chi connectivity index (χ0v) is 15.2. The van der Waals surface area contributed by atoms with Crippen molar-refractivity contribution in [1.29, 1.82) is 0 Å². The van der Waals surface area contributed by atoms with Crippen molar-refractivity contribution in [3.05, 3.63) is 54.4 Å². The van der Waals surface area contributed by atoms with Crippen LogP contribution in [0.4, 0.5) is 0 Å². The van der Waals surface area contributed by atoms with Crippen LogP contribution in [0.25, 0.3) is 0 Å². The highest BCUT2D eigenvalue weighted by molar-refractivity contribution is 7.90. The van der Waals surface area contributed by atoms with E-state index in [0.717, 1.165) is 19.6 Å². The summed E-state index contributed by atoms with van der Waals surface area (Å²) in [4.78, 5) is 16.7. The third-order valence-corrected chi connectivity index (χ3v) is 6.80. The van der Waals surface area contributed by atoms with Crippen LogP contribution in [0.5, 0.6) is 0 Å². The van der Waals surface area contributed by atoms with Gasteiger partial charge in [-0.25, -0.2) is 12.4 Å². The number of hydrogen-bond acceptors (Lipinski definition) is 5. The van der Waals surface area contributed by atoms with Gasteiger partial charge in [-0.15, -0.1) is 0 Å². The Morgan fingerprint density at radius 2 is 1.85 bits per heavy atom. The molecule has 0 radical (unpaired) electrons. The van der Waals surface area contributed by atoms with Crippen LogP contribution in [-0.2, 0) is 21.4 Å². The van der Waals surface area contributed by atoms with E-state index in [2.05, 4.69) is 15.1 Å². The molecule has 7 nitrogen and oxygen atoms in total. The Bertz CT molecular complexity index is 894. The summed E-state index contributed by atoms with van der Waals surface area (Å²) in [6.45, 7) is 4.33. The van der Waals surface area contributed by atoms with E-state index in [4.69, 9.17) is 0 Å². The first-order chi connectivity index (χ1) is 12.6. The minimum absolute atomic E-state index is 0.0632. The summed E-state index contributed by atoms with van der Waals surface area (Å²) in [5, 5.41) is 2.91. The van der Waals surface area contributed by atoms with Crippen molar-refractivity contribution >= 4 is 15.9 Å². The molecule has 2 saturated heterocycles. The highest BCUT2D eigenvalue weighted by atomic mass is 32.2. The van der Waals surface area contributed by atoms with Gasteiger partial charge in [-0.05, 0) is 24.3 Å². The second-order valence-electron chi connectivity index (χ2n) is 6.69. The predicted octanol–water partition coefficient (Wildman–Crippen LogP) is 0.341. The average Bonchev–Trinajstić information content (AvgIpc) is 3.12. The fourth-order valence-corrected chi connectivity index (χ4v) is 5.06. The SMILES string of the molecule is O=C1NCCN2CCN(Cc3cccn3S(=O)(=O)c3ccccc3)CC12. The Balaban J connectivity index is 1.54. The molecule has 2 aliphatic heterocycles. The number of aromatic nitrogens is 1. The normalized spacial score (nSPS) is 22.0. The molecule has 0 aliphatic carbocycles. The molecule has 0 saturated carbocycles. The smallest absolute Gasteiger partial charge is 0.267 e. The fraction of sp³-hybridized carbons (Fsp3) is 0.389. The number of piperazine rings is 2. The largest absolute Gasteiger partial charge is 0.353 e. The number of nitrogens with one attached hydrogen (secondary N) is 1. The maximum Gasteiger partial charge on any atom is 0.267 e. The van der Waals surface area contributed by atoms with E-state index in [1.807, 2.05) is 6.07 Å². The molecular formula is C18H22N4O3S. The van der Waals surface area contributed by atoms with E-state index in [-0.39, 0.29) is 16.8 Å². The highest BCUT2D eigenvalue weighted by Crippen LogP contribution is 2.20. The van der Waals surface area contributed by atoms with Gasteiger partial charge in [0.05, 0.1) is 4.90 Å². The van der Waals surface area contributed by atoms with Gasteiger partial charge < -0.3 is 5.32 Å². The lowest BCUT2D eigenvalue weighted by molar-refractivity contribution is -0.132. The molecule has 1 aromatic heterocycles. The van der Waals surface area contributed by atoms with Crippen LogP contribution < -0.4 is 5.32 Å². The van der Waals surface area contributed by atoms with Gasteiger partial charge in [0.2, 0.25) is 5.91 Å². The third kappa shape index (κ3) is 3.15. The van der Waals surface area contributed by atoms with Gasteiger partial charge in [0.1, 0.15) is 6.04 Å². The van der Waals surface area contributed by atoms with Crippen LogP contribution in [-0.4, -0.2) is 66.9 Å². The Hall–Kier alpha value is -2.16. The zero-order valence-electron chi connectivity index (χ0n) is 14.4. The number of amides is 1. The van der Waals surface area contributed by atoms with Crippen LogP contribution in [0.2, 0.25) is 0 Å². The van der Waals surface area contributed by atoms with Crippen molar-refractivity contribution in [1.82, 2.24) is 19.1 Å². The molecule has 3 heterocycles. The summed E-state index contributed by atoms with van der Waals surface area (Å²) in [6, 6.07) is 11.9. The first-order valence-corrected chi connectivity index (χ1v) is 10.2. The van der Waals surface area contributed by atoms with Crippen molar-refractivity contribution in [3.8, 4) is 0 Å². The molecule has 1 atom stereocenters. The third-order valence-electron chi connectivity index (χ3n) is 5.06. The van der Waals surface area contributed by atoms with Crippen molar-refractivity contribution in [2.24, 2.45) is 0 Å². The molecule has 8 heteroatoms. The Morgan fingerprint density at radius 3 is 2.65 bits per heavy atom. The molecule has 1 N–H and O–H groups in total. The van der Waals surface area contributed by atoms with E-state index >= 15 is 0 Å². The van der Waals surface area contributed by atoms with Gasteiger partial charge in [0.25, 0.3) is 10.0 Å². The minimum atomic E-state index is -3.61. The van der Waals surface area contributed by atoms with E-state index < -0.39 is 10.0 Å². The Morgan fingerprint density at radius 1 is 1.04 bits per heavy atom. The molecule has 2 fully saturated rings. The molecule has 1 amide bonds. The van der Waals surface area contributed by atoms with Crippen LogP contribution in [0.15, 0.2) is 53.6 Å². The van der Waals surface area contributed by atoms with Crippen molar-refractivity contribution in [3.63, 3.8) is 0 Å². The molecular weight excluding hydrogens is 352 g/mol. The molecule has 0 spiro atoms. The number of nitrogens with zero attached hydrogens (tertiary/aromatic N) is 3. The monoisotopic (exact) mass is 374 g/mol. The molecule has 1 aromatic carbocycles. The van der Waals surface area contributed by atoms with Crippen molar-refractivity contribution in [2.75, 3.05) is 32.7 Å². The van der Waals surface area contributed by atoms with E-state index in [0.29, 0.717) is 25.3 Å². The van der Waals surface area contributed by atoms with E-state index in [1.54, 1.807) is 42.6 Å². The van der Waals surface area contributed by atoms with Crippen molar-refractivity contribution < 1.29 is 13.2 Å². The van der Waals surface area contributed by atoms with E-state index in [1.165, 1.54) is 3.97 Å². The molecule has 0 bridgehead atoms. The Kier molecular flexibility index (Phi) is 4.56. The average molecular weight is 374 g/mol. The van der Waals surface area contributed by atoms with Gasteiger partial charge in [-0.2, -0.15) is 0 Å². The van der Waals surface area contributed by atoms with Crippen LogP contribution in [0.1, 0.15) is 5.69 Å². The van der Waals surface area contributed by atoms with Gasteiger partial charge in [0.15, 0.2) is 0 Å².